The molecule has 0 radical (unpaired) electrons. The Kier molecular flexibility index (Phi) is 12.2. The Morgan fingerprint density at radius 3 is 2.16 bits per heavy atom. The number of carbonyl (C=O) groups excluding carboxylic acids is 1. The molecule has 0 bridgehead atoms. The molecule has 8 rings (SSSR count). The standard InChI is InChI=1S/C52H61N3O7S2/c1-33-12-22-43-41(30-33)51(3,4)45(54(43)26-8-10-28-63(57,58)59)24-19-35-14-16-37-17-15-36(48-40-32-38(50(56)53-7)18-21-39(40)47(35)49(37)48)20-25-46-52(5,6)42-31-34(2)13-23-44(42)55(46)27-9-11-29-64(60,61)62/h12-13,18-25,30-32,37H,8-11,14-17,26-29H2,1-7H3,(H2-,53,56,57,58,59,60,61,62)/p+1. The highest BCUT2D eigenvalue weighted by molar-refractivity contribution is 7.86. The van der Waals surface area contributed by atoms with E-state index in [4.69, 9.17) is 0 Å². The maximum atomic E-state index is 13.2. The molecule has 3 aromatic rings. The summed E-state index contributed by atoms with van der Waals surface area (Å²) in [4.78, 5) is 15.5. The van der Waals surface area contributed by atoms with Gasteiger partial charge in [-0.25, -0.2) is 0 Å². The maximum Gasteiger partial charge on any atom is 0.264 e. The van der Waals surface area contributed by atoms with Crippen molar-refractivity contribution in [3.63, 3.8) is 0 Å². The van der Waals surface area contributed by atoms with Crippen molar-refractivity contribution in [2.75, 3.05) is 36.5 Å². The van der Waals surface area contributed by atoms with Crippen molar-refractivity contribution in [1.29, 1.82) is 0 Å². The van der Waals surface area contributed by atoms with E-state index in [1.807, 2.05) is 6.07 Å². The van der Waals surface area contributed by atoms with E-state index in [-0.39, 0.29) is 28.2 Å². The van der Waals surface area contributed by atoms with Gasteiger partial charge >= 0.3 is 0 Å². The van der Waals surface area contributed by atoms with Crippen LogP contribution in [0.4, 0.5) is 11.4 Å². The van der Waals surface area contributed by atoms with Gasteiger partial charge in [-0.15, -0.1) is 0 Å². The summed E-state index contributed by atoms with van der Waals surface area (Å²) in [6, 6.07) is 19.2. The first kappa shape index (κ1) is 45.7. The zero-order chi connectivity index (χ0) is 45.9. The lowest BCUT2D eigenvalue weighted by Gasteiger charge is -2.32. The molecule has 0 aromatic heterocycles. The third-order valence-corrected chi connectivity index (χ3v) is 15.8. The molecular weight excluding hydrogens is 843 g/mol. The van der Waals surface area contributed by atoms with Crippen LogP contribution < -0.4 is 10.2 Å². The zero-order valence-corrected chi connectivity index (χ0v) is 39.8. The largest absolute Gasteiger partial charge is 0.355 e. The van der Waals surface area contributed by atoms with Crippen molar-refractivity contribution in [2.45, 2.75) is 104 Å². The number of nitrogens with one attached hydrogen (secondary N) is 1. The summed E-state index contributed by atoms with van der Waals surface area (Å²) in [6.07, 6.45) is 14.9. The van der Waals surface area contributed by atoms with E-state index in [9.17, 15) is 30.7 Å². The second-order valence-corrected chi connectivity index (χ2v) is 22.5. The SMILES string of the molecule is CNC(=O)c1ccc2c(c1)C1=C(C=CC3=[N+](CCCCS(=O)(=O)O)c4ccc(C)cc4C3(C)C)CCC3CCC(=CC=C4N(CCCCS(=O)(=O)O)c5ccc(C)cc5C4(C)C)C2=C13. The van der Waals surface area contributed by atoms with Gasteiger partial charge in [-0.2, -0.15) is 21.4 Å². The van der Waals surface area contributed by atoms with Crippen LogP contribution in [0.3, 0.4) is 0 Å². The summed E-state index contributed by atoms with van der Waals surface area (Å²) in [7, 11) is -6.43. The molecule has 2 heterocycles. The fourth-order valence-electron chi connectivity index (χ4n) is 11.0. The molecule has 1 unspecified atom stereocenters. The van der Waals surface area contributed by atoms with Gasteiger partial charge in [0, 0.05) is 60.1 Å². The van der Waals surface area contributed by atoms with Crippen LogP contribution in [0.1, 0.15) is 123 Å². The van der Waals surface area contributed by atoms with Crippen LogP contribution >= 0.6 is 0 Å². The van der Waals surface area contributed by atoms with Crippen LogP contribution in [-0.4, -0.2) is 73.8 Å². The number of benzene rings is 3. The number of anilines is 1. The van der Waals surface area contributed by atoms with Crippen LogP contribution in [0.2, 0.25) is 0 Å². The van der Waals surface area contributed by atoms with Crippen molar-refractivity contribution in [3.05, 3.63) is 140 Å². The van der Waals surface area contributed by atoms with Crippen molar-refractivity contribution < 1.29 is 35.3 Å². The first-order chi connectivity index (χ1) is 30.2. The average molecular weight is 905 g/mol. The Bertz CT molecular complexity index is 2870. The van der Waals surface area contributed by atoms with E-state index < -0.39 is 20.2 Å². The molecule has 3 aromatic carbocycles. The van der Waals surface area contributed by atoms with E-state index >= 15 is 0 Å². The molecule has 3 aliphatic carbocycles. The first-order valence-corrected chi connectivity index (χ1v) is 25.9. The fourth-order valence-corrected chi connectivity index (χ4v) is 12.1. The highest BCUT2D eigenvalue weighted by Gasteiger charge is 2.45. The van der Waals surface area contributed by atoms with E-state index in [1.54, 1.807) is 7.05 Å². The van der Waals surface area contributed by atoms with Crippen LogP contribution in [0.5, 0.6) is 0 Å². The molecule has 1 amide bonds. The van der Waals surface area contributed by atoms with Crippen LogP contribution in [-0.2, 0) is 31.1 Å². The van der Waals surface area contributed by atoms with Gasteiger partial charge in [-0.1, -0.05) is 61.4 Å². The summed E-state index contributed by atoms with van der Waals surface area (Å²) < 4.78 is 67.5. The quantitative estimate of drug-likeness (QED) is 0.0824. The molecular formula is C52H62N3O7S2+. The van der Waals surface area contributed by atoms with E-state index in [0.717, 1.165) is 59.6 Å². The molecule has 0 saturated carbocycles. The number of carbonyl (C=O) groups is 1. The molecule has 338 valence electrons. The van der Waals surface area contributed by atoms with E-state index in [1.165, 1.54) is 50.1 Å². The second-order valence-electron chi connectivity index (χ2n) is 19.3. The third-order valence-electron chi connectivity index (χ3n) is 14.2. The predicted molar refractivity (Wildman–Crippen MR) is 258 cm³/mol. The van der Waals surface area contributed by atoms with Gasteiger partial charge in [0.1, 0.15) is 6.54 Å². The highest BCUT2D eigenvalue weighted by Crippen LogP contribution is 2.58. The Morgan fingerprint density at radius 1 is 0.781 bits per heavy atom. The van der Waals surface area contributed by atoms with Gasteiger partial charge in [0.25, 0.3) is 26.1 Å². The maximum absolute atomic E-state index is 13.2. The number of hydrogen-bond donors (Lipinski definition) is 3. The van der Waals surface area contributed by atoms with Crippen molar-refractivity contribution in [2.24, 2.45) is 5.92 Å². The van der Waals surface area contributed by atoms with Gasteiger partial charge < -0.3 is 10.2 Å². The summed E-state index contributed by atoms with van der Waals surface area (Å²) in [5.41, 5.74) is 17.9. The lowest BCUT2D eigenvalue weighted by molar-refractivity contribution is -0.438. The fraction of sp³-hybridized carbons (Fsp3) is 0.423. The number of fused-ring (bicyclic) bond motifs is 5. The summed E-state index contributed by atoms with van der Waals surface area (Å²) in [5, 5.41) is 2.82. The monoisotopic (exact) mass is 904 g/mol. The molecule has 1 atom stereocenters. The Morgan fingerprint density at radius 2 is 1.45 bits per heavy atom. The number of nitrogens with zero attached hydrogens (tertiary/aromatic N) is 2. The topological polar surface area (TPSA) is 144 Å². The summed E-state index contributed by atoms with van der Waals surface area (Å²) in [5.74, 6) is -0.282. The minimum Gasteiger partial charge on any atom is -0.355 e. The van der Waals surface area contributed by atoms with Crippen LogP contribution in [0, 0.1) is 19.8 Å². The number of hydrogen-bond acceptors (Lipinski definition) is 6. The Balaban J connectivity index is 1.23. The molecule has 10 nitrogen and oxygen atoms in total. The Hall–Kier alpha value is -4.88. The minimum absolute atomic E-state index is 0.130. The number of aryl methyl sites for hydroxylation is 2. The third kappa shape index (κ3) is 8.66. The van der Waals surface area contributed by atoms with Gasteiger partial charge in [-0.05, 0) is 153 Å². The smallest absolute Gasteiger partial charge is 0.264 e. The first-order valence-electron chi connectivity index (χ1n) is 22.7. The molecule has 64 heavy (non-hydrogen) atoms. The van der Waals surface area contributed by atoms with Gasteiger partial charge in [0.2, 0.25) is 5.69 Å². The molecule has 0 saturated heterocycles. The predicted octanol–water partition coefficient (Wildman–Crippen LogP) is 9.96. The van der Waals surface area contributed by atoms with Gasteiger partial charge in [-0.3, -0.25) is 13.9 Å². The lowest BCUT2D eigenvalue weighted by Crippen LogP contribution is -2.28. The van der Waals surface area contributed by atoms with E-state index in [0.29, 0.717) is 50.3 Å². The van der Waals surface area contributed by atoms with Crippen molar-refractivity contribution in [1.82, 2.24) is 5.32 Å². The van der Waals surface area contributed by atoms with Crippen LogP contribution in [0.15, 0.2) is 101 Å². The molecule has 2 aliphatic heterocycles. The van der Waals surface area contributed by atoms with Gasteiger partial charge in [0.05, 0.1) is 16.9 Å². The number of allylic oxidation sites excluding steroid dienone is 10. The van der Waals surface area contributed by atoms with Crippen molar-refractivity contribution >= 4 is 54.4 Å². The van der Waals surface area contributed by atoms with E-state index in [2.05, 4.69) is 129 Å². The molecule has 5 aliphatic rings. The second kappa shape index (κ2) is 17.2. The zero-order valence-electron chi connectivity index (χ0n) is 38.2. The number of rotatable bonds is 14. The number of amides is 1. The minimum atomic E-state index is -4.05. The van der Waals surface area contributed by atoms with Gasteiger partial charge in [0.15, 0.2) is 5.71 Å². The summed E-state index contributed by atoms with van der Waals surface area (Å²) >= 11 is 0. The summed E-state index contributed by atoms with van der Waals surface area (Å²) in [6.45, 7) is 14.4. The number of unbranched alkanes of at least 4 members (excludes halogenated alkanes) is 2. The van der Waals surface area contributed by atoms with Crippen LogP contribution in [0.25, 0.3) is 11.1 Å². The average Bonchev–Trinajstić information content (AvgIpc) is 3.76. The molecule has 0 spiro atoms. The Labute approximate surface area is 379 Å². The molecule has 3 N–H and O–H groups in total. The molecule has 12 heteroatoms. The normalized spacial score (nSPS) is 21.0. The highest BCUT2D eigenvalue weighted by atomic mass is 32.2. The molecule has 0 fully saturated rings. The van der Waals surface area contributed by atoms with Crippen molar-refractivity contribution in [3.8, 4) is 0 Å². The lowest BCUT2D eigenvalue weighted by atomic mass is 9.72.